The van der Waals surface area contributed by atoms with Gasteiger partial charge in [-0.1, -0.05) is 0 Å². The minimum atomic E-state index is 0.000479. The Kier molecular flexibility index (Phi) is 3.78. The van der Waals surface area contributed by atoms with E-state index in [9.17, 15) is 4.79 Å². The number of anilines is 1. The van der Waals surface area contributed by atoms with E-state index >= 15 is 0 Å². The lowest BCUT2D eigenvalue weighted by Gasteiger charge is -2.34. The number of hydrogen-bond donors (Lipinski definition) is 2. The molecular weight excluding hydrogens is 254 g/mol. The van der Waals surface area contributed by atoms with E-state index in [1.807, 2.05) is 29.2 Å². The van der Waals surface area contributed by atoms with Crippen LogP contribution in [-0.2, 0) is 0 Å². The Bertz CT molecular complexity index is 475. The molecule has 108 valence electrons. The first-order valence-electron chi connectivity index (χ1n) is 7.17. The molecule has 2 aliphatic rings. The van der Waals surface area contributed by atoms with Crippen molar-refractivity contribution in [1.82, 2.24) is 10.2 Å². The summed E-state index contributed by atoms with van der Waals surface area (Å²) in [7, 11) is 1.63. The Labute approximate surface area is 119 Å². The summed E-state index contributed by atoms with van der Waals surface area (Å²) >= 11 is 0. The smallest absolute Gasteiger partial charge is 0.321 e. The van der Waals surface area contributed by atoms with Crippen molar-refractivity contribution in [1.29, 1.82) is 0 Å². The van der Waals surface area contributed by atoms with Crippen molar-refractivity contribution < 1.29 is 9.53 Å². The molecule has 0 bridgehead atoms. The SMILES string of the molecule is COc1ccc(NC(=O)N2CCC3CNCC3C2)cc1. The molecule has 20 heavy (non-hydrogen) atoms. The minimum Gasteiger partial charge on any atom is -0.497 e. The molecular formula is C15H21N3O2. The molecule has 1 aromatic rings. The Morgan fingerprint density at radius 1 is 1.30 bits per heavy atom. The van der Waals surface area contributed by atoms with E-state index in [2.05, 4.69) is 10.6 Å². The van der Waals surface area contributed by atoms with E-state index < -0.39 is 0 Å². The highest BCUT2D eigenvalue weighted by molar-refractivity contribution is 5.89. The largest absolute Gasteiger partial charge is 0.497 e. The number of nitrogens with one attached hydrogen (secondary N) is 2. The van der Waals surface area contributed by atoms with Gasteiger partial charge in [-0.15, -0.1) is 0 Å². The Morgan fingerprint density at radius 3 is 2.80 bits per heavy atom. The van der Waals surface area contributed by atoms with Crippen molar-refractivity contribution in [2.75, 3.05) is 38.6 Å². The number of piperidine rings is 1. The maximum absolute atomic E-state index is 12.3. The van der Waals surface area contributed by atoms with Crippen LogP contribution in [0, 0.1) is 11.8 Å². The number of amides is 2. The molecule has 2 heterocycles. The number of benzene rings is 1. The molecule has 5 heteroatoms. The van der Waals surface area contributed by atoms with Gasteiger partial charge in [-0.05, 0) is 55.6 Å². The molecule has 0 aromatic heterocycles. The van der Waals surface area contributed by atoms with Crippen molar-refractivity contribution in [3.05, 3.63) is 24.3 Å². The number of urea groups is 1. The summed E-state index contributed by atoms with van der Waals surface area (Å²) in [6.07, 6.45) is 1.10. The summed E-state index contributed by atoms with van der Waals surface area (Å²) in [6.45, 7) is 3.86. The standard InChI is InChI=1S/C15H21N3O2/c1-20-14-4-2-13(3-5-14)17-15(19)18-7-6-11-8-16-9-12(11)10-18/h2-5,11-12,16H,6-10H2,1H3,(H,17,19). The molecule has 0 saturated carbocycles. The van der Waals surface area contributed by atoms with Crippen LogP contribution in [0.2, 0.25) is 0 Å². The fourth-order valence-corrected chi connectivity index (χ4v) is 3.10. The van der Waals surface area contributed by atoms with Crippen molar-refractivity contribution >= 4 is 11.7 Å². The van der Waals surface area contributed by atoms with Gasteiger partial charge < -0.3 is 20.3 Å². The minimum absolute atomic E-state index is 0.000479. The van der Waals surface area contributed by atoms with Crippen LogP contribution in [0.15, 0.2) is 24.3 Å². The summed E-state index contributed by atoms with van der Waals surface area (Å²) in [5, 5.41) is 6.37. The van der Waals surface area contributed by atoms with Gasteiger partial charge >= 0.3 is 6.03 Å². The molecule has 0 aliphatic carbocycles. The summed E-state index contributed by atoms with van der Waals surface area (Å²) in [5.41, 5.74) is 0.808. The van der Waals surface area contributed by atoms with E-state index in [0.717, 1.165) is 50.0 Å². The van der Waals surface area contributed by atoms with E-state index in [1.165, 1.54) is 0 Å². The van der Waals surface area contributed by atoms with Crippen molar-refractivity contribution in [3.8, 4) is 5.75 Å². The van der Waals surface area contributed by atoms with Gasteiger partial charge in [0, 0.05) is 18.8 Å². The van der Waals surface area contributed by atoms with Gasteiger partial charge in [0.1, 0.15) is 5.75 Å². The Balaban J connectivity index is 1.58. The number of rotatable bonds is 2. The van der Waals surface area contributed by atoms with E-state index in [-0.39, 0.29) is 6.03 Å². The van der Waals surface area contributed by atoms with Crippen LogP contribution in [0.4, 0.5) is 10.5 Å². The fraction of sp³-hybridized carbons (Fsp3) is 0.533. The lowest BCUT2D eigenvalue weighted by Crippen LogP contribution is -2.45. The molecule has 0 radical (unpaired) electrons. The molecule has 2 unspecified atom stereocenters. The molecule has 2 fully saturated rings. The summed E-state index contributed by atoms with van der Waals surface area (Å²) in [4.78, 5) is 14.2. The van der Waals surface area contributed by atoms with Gasteiger partial charge in [0.05, 0.1) is 7.11 Å². The number of nitrogens with zero attached hydrogens (tertiary/aromatic N) is 1. The Hall–Kier alpha value is -1.75. The lowest BCUT2D eigenvalue weighted by atomic mass is 9.89. The fourth-order valence-electron chi connectivity index (χ4n) is 3.10. The molecule has 1 aromatic carbocycles. The summed E-state index contributed by atoms with van der Waals surface area (Å²) in [6, 6.07) is 7.42. The van der Waals surface area contributed by atoms with Crippen molar-refractivity contribution in [2.45, 2.75) is 6.42 Å². The molecule has 2 saturated heterocycles. The van der Waals surface area contributed by atoms with Crippen LogP contribution in [0.3, 0.4) is 0 Å². The number of hydrogen-bond acceptors (Lipinski definition) is 3. The molecule has 3 rings (SSSR count). The topological polar surface area (TPSA) is 53.6 Å². The highest BCUT2D eigenvalue weighted by atomic mass is 16.5. The quantitative estimate of drug-likeness (QED) is 0.865. The maximum atomic E-state index is 12.3. The van der Waals surface area contributed by atoms with E-state index in [4.69, 9.17) is 4.74 Å². The molecule has 2 N–H and O–H groups in total. The van der Waals surface area contributed by atoms with E-state index in [0.29, 0.717) is 5.92 Å². The third-order valence-corrected chi connectivity index (χ3v) is 4.33. The van der Waals surface area contributed by atoms with Crippen LogP contribution >= 0.6 is 0 Å². The molecule has 2 amide bonds. The van der Waals surface area contributed by atoms with Crippen LogP contribution < -0.4 is 15.4 Å². The van der Waals surface area contributed by atoms with Crippen LogP contribution in [0.25, 0.3) is 0 Å². The van der Waals surface area contributed by atoms with Crippen molar-refractivity contribution in [2.24, 2.45) is 11.8 Å². The highest BCUT2D eigenvalue weighted by Crippen LogP contribution is 2.27. The second-order valence-electron chi connectivity index (χ2n) is 5.57. The van der Waals surface area contributed by atoms with Gasteiger partial charge in [-0.3, -0.25) is 0 Å². The zero-order chi connectivity index (χ0) is 13.9. The number of likely N-dealkylation sites (tertiary alicyclic amines) is 1. The van der Waals surface area contributed by atoms with E-state index in [1.54, 1.807) is 7.11 Å². The second-order valence-corrected chi connectivity index (χ2v) is 5.57. The predicted molar refractivity (Wildman–Crippen MR) is 78.1 cm³/mol. The number of fused-ring (bicyclic) bond motifs is 1. The monoisotopic (exact) mass is 275 g/mol. The normalized spacial score (nSPS) is 25.1. The van der Waals surface area contributed by atoms with Gasteiger partial charge in [-0.25, -0.2) is 4.79 Å². The third kappa shape index (κ3) is 2.72. The number of carbonyl (C=O) groups excluding carboxylic acids is 1. The number of carbonyl (C=O) groups is 1. The first kappa shape index (κ1) is 13.2. The van der Waals surface area contributed by atoms with Crippen LogP contribution in [-0.4, -0.2) is 44.2 Å². The molecule has 0 spiro atoms. The van der Waals surface area contributed by atoms with Crippen LogP contribution in [0.1, 0.15) is 6.42 Å². The van der Waals surface area contributed by atoms with Crippen LogP contribution in [0.5, 0.6) is 5.75 Å². The van der Waals surface area contributed by atoms with Gasteiger partial charge in [-0.2, -0.15) is 0 Å². The van der Waals surface area contributed by atoms with Crippen molar-refractivity contribution in [3.63, 3.8) is 0 Å². The summed E-state index contributed by atoms with van der Waals surface area (Å²) < 4.78 is 5.11. The molecule has 2 aliphatic heterocycles. The number of methoxy groups -OCH3 is 1. The molecule has 5 nitrogen and oxygen atoms in total. The molecule has 2 atom stereocenters. The zero-order valence-electron chi connectivity index (χ0n) is 11.8. The number of ether oxygens (including phenoxy) is 1. The van der Waals surface area contributed by atoms with Gasteiger partial charge in [0.2, 0.25) is 0 Å². The highest BCUT2D eigenvalue weighted by Gasteiger charge is 2.34. The van der Waals surface area contributed by atoms with Gasteiger partial charge in [0.25, 0.3) is 0 Å². The van der Waals surface area contributed by atoms with Gasteiger partial charge in [0.15, 0.2) is 0 Å². The summed E-state index contributed by atoms with van der Waals surface area (Å²) in [5.74, 6) is 2.16. The predicted octanol–water partition coefficient (Wildman–Crippen LogP) is 1.77. The second kappa shape index (κ2) is 5.71. The lowest BCUT2D eigenvalue weighted by molar-refractivity contribution is 0.161. The average molecular weight is 275 g/mol. The average Bonchev–Trinajstić information content (AvgIpc) is 2.95. The first-order valence-corrected chi connectivity index (χ1v) is 7.17. The maximum Gasteiger partial charge on any atom is 0.321 e. The third-order valence-electron chi connectivity index (χ3n) is 4.33. The first-order chi connectivity index (χ1) is 9.76. The Morgan fingerprint density at radius 2 is 2.05 bits per heavy atom. The zero-order valence-corrected chi connectivity index (χ0v) is 11.8.